The van der Waals surface area contributed by atoms with Gasteiger partial charge in [0.15, 0.2) is 0 Å². The summed E-state index contributed by atoms with van der Waals surface area (Å²) in [5, 5.41) is 0.695. The van der Waals surface area contributed by atoms with Crippen molar-refractivity contribution >= 4 is 17.4 Å². The summed E-state index contributed by atoms with van der Waals surface area (Å²) in [6, 6.07) is 22.6. The number of rotatable bonds is 5. The summed E-state index contributed by atoms with van der Waals surface area (Å²) >= 11 is 6.32. The third kappa shape index (κ3) is 3.55. The fourth-order valence-electron chi connectivity index (χ4n) is 3.00. The number of imidazole rings is 1. The highest BCUT2D eigenvalue weighted by Crippen LogP contribution is 2.29. The molecule has 0 bridgehead atoms. The molecule has 4 aromatic rings. The van der Waals surface area contributed by atoms with Crippen LogP contribution in [0.15, 0.2) is 85.3 Å². The zero-order valence-electron chi connectivity index (χ0n) is 15.2. The van der Waals surface area contributed by atoms with Crippen molar-refractivity contribution in [1.29, 1.82) is 0 Å². The summed E-state index contributed by atoms with van der Waals surface area (Å²) in [6.07, 6.45) is 3.38. The van der Waals surface area contributed by atoms with E-state index in [1.165, 1.54) is 0 Å². The molecule has 1 aromatic heterocycles. The van der Waals surface area contributed by atoms with Crippen LogP contribution in [0.25, 0.3) is 16.8 Å². The fourth-order valence-corrected chi connectivity index (χ4v) is 3.25. The van der Waals surface area contributed by atoms with Gasteiger partial charge in [0.25, 0.3) is 0 Å². The lowest BCUT2D eigenvalue weighted by molar-refractivity contribution is 0.103. The van der Waals surface area contributed by atoms with Gasteiger partial charge in [-0.15, -0.1) is 0 Å². The minimum Gasteiger partial charge on any atom is -0.497 e. The molecular weight excluding hydrogens is 372 g/mol. The summed E-state index contributed by atoms with van der Waals surface area (Å²) < 4.78 is 6.96. The number of benzene rings is 3. The predicted molar refractivity (Wildman–Crippen MR) is 110 cm³/mol. The number of carbonyl (C=O) groups excluding carboxylic acids is 1. The number of halogens is 1. The second-order valence-electron chi connectivity index (χ2n) is 6.25. The Balaban J connectivity index is 1.63. The van der Waals surface area contributed by atoms with E-state index in [0.29, 0.717) is 22.0 Å². The Kier molecular flexibility index (Phi) is 4.96. The lowest BCUT2D eigenvalue weighted by Crippen LogP contribution is -2.01. The topological polar surface area (TPSA) is 44.1 Å². The van der Waals surface area contributed by atoms with Crippen molar-refractivity contribution in [3.8, 4) is 22.6 Å². The molecule has 0 aliphatic rings. The van der Waals surface area contributed by atoms with Gasteiger partial charge in [0.1, 0.15) is 17.8 Å². The number of ether oxygens (including phenoxy) is 1. The smallest absolute Gasteiger partial charge is 0.212 e. The number of hydrogen-bond donors (Lipinski definition) is 0. The molecule has 0 amide bonds. The van der Waals surface area contributed by atoms with Crippen LogP contribution < -0.4 is 4.74 Å². The first kappa shape index (κ1) is 18.0. The van der Waals surface area contributed by atoms with E-state index in [9.17, 15) is 4.79 Å². The predicted octanol–water partition coefficient (Wildman–Crippen LogP) is 5.43. The number of nitrogens with zero attached hydrogens (tertiary/aromatic N) is 2. The fraction of sp³-hybridized carbons (Fsp3) is 0.0435. The zero-order chi connectivity index (χ0) is 19.5. The molecule has 0 radical (unpaired) electrons. The van der Waals surface area contributed by atoms with Crippen LogP contribution in [0.2, 0.25) is 5.02 Å². The van der Waals surface area contributed by atoms with Crippen molar-refractivity contribution in [2.75, 3.05) is 7.11 Å². The van der Waals surface area contributed by atoms with E-state index in [2.05, 4.69) is 4.98 Å². The van der Waals surface area contributed by atoms with Gasteiger partial charge in [-0.1, -0.05) is 41.9 Å². The summed E-state index contributed by atoms with van der Waals surface area (Å²) in [5.41, 5.74) is 3.81. The van der Waals surface area contributed by atoms with E-state index < -0.39 is 0 Å². The molecule has 0 fully saturated rings. The summed E-state index contributed by atoms with van der Waals surface area (Å²) in [4.78, 5) is 17.0. The molecular formula is C23H17ClN2O2. The lowest BCUT2D eigenvalue weighted by Gasteiger charge is -2.07. The lowest BCUT2D eigenvalue weighted by atomic mass is 10.1. The number of carbonyl (C=O) groups is 1. The zero-order valence-corrected chi connectivity index (χ0v) is 15.9. The SMILES string of the molecule is COc1ccc(C(=O)c2cn(-c3cccc(-c4ccccc4Cl)c3)cn2)cc1. The third-order valence-corrected chi connectivity index (χ3v) is 4.83. The first-order valence-corrected chi connectivity index (χ1v) is 9.11. The van der Waals surface area contributed by atoms with E-state index in [-0.39, 0.29) is 5.78 Å². The number of aromatic nitrogens is 2. The molecule has 5 heteroatoms. The number of methoxy groups -OCH3 is 1. The second kappa shape index (κ2) is 7.71. The minimum atomic E-state index is -0.135. The van der Waals surface area contributed by atoms with Gasteiger partial charge < -0.3 is 9.30 Å². The van der Waals surface area contributed by atoms with Gasteiger partial charge in [0.2, 0.25) is 5.78 Å². The molecule has 3 aromatic carbocycles. The van der Waals surface area contributed by atoms with Crippen LogP contribution in [0.4, 0.5) is 0 Å². The Bertz CT molecular complexity index is 1130. The number of hydrogen-bond acceptors (Lipinski definition) is 3. The third-order valence-electron chi connectivity index (χ3n) is 4.50. The molecule has 0 aliphatic heterocycles. The van der Waals surface area contributed by atoms with Crippen LogP contribution in [-0.4, -0.2) is 22.4 Å². The van der Waals surface area contributed by atoms with Gasteiger partial charge in [-0.05, 0) is 48.0 Å². The van der Waals surface area contributed by atoms with Crippen molar-refractivity contribution in [3.63, 3.8) is 0 Å². The molecule has 138 valence electrons. The molecule has 28 heavy (non-hydrogen) atoms. The minimum absolute atomic E-state index is 0.135. The Morgan fingerprint density at radius 2 is 1.79 bits per heavy atom. The Hall–Kier alpha value is -3.37. The summed E-state index contributed by atoms with van der Waals surface area (Å²) in [7, 11) is 1.59. The van der Waals surface area contributed by atoms with Crippen LogP contribution in [0.1, 0.15) is 16.1 Å². The van der Waals surface area contributed by atoms with Gasteiger partial charge in [0.05, 0.1) is 7.11 Å². The molecule has 0 atom stereocenters. The van der Waals surface area contributed by atoms with Crippen LogP contribution in [-0.2, 0) is 0 Å². The van der Waals surface area contributed by atoms with Gasteiger partial charge in [0, 0.05) is 28.0 Å². The van der Waals surface area contributed by atoms with Crippen molar-refractivity contribution in [2.24, 2.45) is 0 Å². The second-order valence-corrected chi connectivity index (χ2v) is 6.66. The standard InChI is InChI=1S/C23H17ClN2O2/c1-28-19-11-9-16(10-12-19)23(27)22-14-26(15-25-22)18-6-4-5-17(13-18)20-7-2-3-8-21(20)24/h2-15H,1H3. The Morgan fingerprint density at radius 1 is 1.00 bits per heavy atom. The van der Waals surface area contributed by atoms with E-state index >= 15 is 0 Å². The van der Waals surface area contributed by atoms with Crippen LogP contribution in [0.3, 0.4) is 0 Å². The maximum absolute atomic E-state index is 12.7. The molecule has 1 heterocycles. The van der Waals surface area contributed by atoms with Gasteiger partial charge >= 0.3 is 0 Å². The number of ketones is 1. The average Bonchev–Trinajstić information content (AvgIpc) is 3.24. The maximum atomic E-state index is 12.7. The van der Waals surface area contributed by atoms with E-state index in [1.54, 1.807) is 43.9 Å². The Morgan fingerprint density at radius 3 is 2.54 bits per heavy atom. The molecule has 4 rings (SSSR count). The largest absolute Gasteiger partial charge is 0.497 e. The molecule has 0 saturated heterocycles. The van der Waals surface area contributed by atoms with Gasteiger partial charge in [-0.25, -0.2) is 4.98 Å². The highest BCUT2D eigenvalue weighted by Gasteiger charge is 2.13. The van der Waals surface area contributed by atoms with Gasteiger partial charge in [-0.3, -0.25) is 4.79 Å². The molecule has 0 aliphatic carbocycles. The van der Waals surface area contributed by atoms with Crippen LogP contribution in [0, 0.1) is 0 Å². The molecule has 0 unspecified atom stereocenters. The summed E-state index contributed by atoms with van der Waals surface area (Å²) in [5.74, 6) is 0.571. The van der Waals surface area contributed by atoms with Gasteiger partial charge in [-0.2, -0.15) is 0 Å². The Labute approximate surface area is 168 Å². The van der Waals surface area contributed by atoms with Crippen molar-refractivity contribution < 1.29 is 9.53 Å². The molecule has 4 nitrogen and oxygen atoms in total. The first-order chi connectivity index (χ1) is 13.7. The summed E-state index contributed by atoms with van der Waals surface area (Å²) in [6.45, 7) is 0. The van der Waals surface area contributed by atoms with E-state index in [1.807, 2.05) is 53.1 Å². The molecule has 0 spiro atoms. The highest BCUT2D eigenvalue weighted by molar-refractivity contribution is 6.33. The molecule has 0 N–H and O–H groups in total. The maximum Gasteiger partial charge on any atom is 0.212 e. The van der Waals surface area contributed by atoms with E-state index in [0.717, 1.165) is 16.8 Å². The highest BCUT2D eigenvalue weighted by atomic mass is 35.5. The quantitative estimate of drug-likeness (QED) is 0.428. The van der Waals surface area contributed by atoms with E-state index in [4.69, 9.17) is 16.3 Å². The van der Waals surface area contributed by atoms with Crippen molar-refractivity contribution in [2.45, 2.75) is 0 Å². The van der Waals surface area contributed by atoms with Crippen LogP contribution >= 0.6 is 11.6 Å². The van der Waals surface area contributed by atoms with Crippen molar-refractivity contribution in [3.05, 3.63) is 102 Å². The molecule has 0 saturated carbocycles. The normalized spacial score (nSPS) is 10.6. The average molecular weight is 389 g/mol. The first-order valence-electron chi connectivity index (χ1n) is 8.74. The van der Waals surface area contributed by atoms with Crippen LogP contribution in [0.5, 0.6) is 5.75 Å². The monoisotopic (exact) mass is 388 g/mol. The van der Waals surface area contributed by atoms with Crippen molar-refractivity contribution in [1.82, 2.24) is 9.55 Å².